The largest absolute Gasteiger partial charge is 0.497 e. The minimum Gasteiger partial charge on any atom is -0.497 e. The molecule has 1 heterocycles. The highest BCUT2D eigenvalue weighted by Gasteiger charge is 2.34. The van der Waals surface area contributed by atoms with Crippen LogP contribution in [0.4, 0.5) is 0 Å². The molecule has 3 rings (SSSR count). The smallest absolute Gasteiger partial charge is 0.263 e. The fourth-order valence-electron chi connectivity index (χ4n) is 2.92. The second kappa shape index (κ2) is 7.65. The third-order valence-electron chi connectivity index (χ3n) is 4.73. The van der Waals surface area contributed by atoms with Crippen LogP contribution in [0.15, 0.2) is 41.3 Å². The number of carbonyl (C=O) groups excluding carboxylic acids is 2. The number of nitrogens with one attached hydrogen (secondary N) is 2. The molecule has 1 aliphatic rings. The molecule has 0 unspecified atom stereocenters. The number of nitrogens with zero attached hydrogens (tertiary/aromatic N) is 1. The Morgan fingerprint density at radius 3 is 2.63 bits per heavy atom. The molecule has 1 fully saturated rings. The first-order valence-electron chi connectivity index (χ1n) is 8.83. The lowest BCUT2D eigenvalue weighted by atomic mass is 10.1. The van der Waals surface area contributed by atoms with Gasteiger partial charge in [-0.05, 0) is 36.1 Å². The maximum absolute atomic E-state index is 12.7. The van der Waals surface area contributed by atoms with Crippen LogP contribution in [0.5, 0.6) is 5.75 Å². The van der Waals surface area contributed by atoms with Crippen LogP contribution >= 0.6 is 0 Å². The maximum Gasteiger partial charge on any atom is 0.263 e. The molecule has 142 valence electrons. The van der Waals surface area contributed by atoms with Gasteiger partial charge in [0.2, 0.25) is 0 Å². The van der Waals surface area contributed by atoms with Gasteiger partial charge in [0, 0.05) is 19.3 Å². The Morgan fingerprint density at radius 2 is 2.00 bits per heavy atom. The summed E-state index contributed by atoms with van der Waals surface area (Å²) >= 11 is 0. The zero-order chi connectivity index (χ0) is 19.6. The van der Waals surface area contributed by atoms with Crippen molar-refractivity contribution in [2.75, 3.05) is 14.2 Å². The molecule has 2 N–H and O–H groups in total. The Morgan fingerprint density at radius 1 is 1.26 bits per heavy atom. The summed E-state index contributed by atoms with van der Waals surface area (Å²) in [5.74, 6) is 0.321. The number of benzene rings is 1. The lowest BCUT2D eigenvalue weighted by Gasteiger charge is -2.12. The second-order valence-electron chi connectivity index (χ2n) is 6.80. The van der Waals surface area contributed by atoms with E-state index < -0.39 is 11.5 Å². The van der Waals surface area contributed by atoms with Crippen LogP contribution < -0.4 is 20.9 Å². The average molecular weight is 369 g/mol. The van der Waals surface area contributed by atoms with E-state index in [1.165, 1.54) is 23.9 Å². The monoisotopic (exact) mass is 369 g/mol. The Bertz CT molecular complexity index is 935. The maximum atomic E-state index is 12.7. The van der Waals surface area contributed by atoms with Gasteiger partial charge in [-0.15, -0.1) is 0 Å². The van der Waals surface area contributed by atoms with E-state index in [1.54, 1.807) is 7.11 Å². The van der Waals surface area contributed by atoms with E-state index in [0.29, 0.717) is 11.7 Å². The van der Waals surface area contributed by atoms with Gasteiger partial charge in [0.25, 0.3) is 17.4 Å². The molecule has 1 saturated carbocycles. The predicted molar refractivity (Wildman–Crippen MR) is 101 cm³/mol. The van der Waals surface area contributed by atoms with Gasteiger partial charge in [-0.2, -0.15) is 0 Å². The summed E-state index contributed by atoms with van der Waals surface area (Å²) in [7, 11) is 3.02. The predicted octanol–water partition coefficient (Wildman–Crippen LogP) is 1.40. The van der Waals surface area contributed by atoms with Gasteiger partial charge in [-0.25, -0.2) is 0 Å². The summed E-state index contributed by atoms with van der Waals surface area (Å²) < 4.78 is 6.59. The van der Waals surface area contributed by atoms with E-state index in [2.05, 4.69) is 17.6 Å². The highest BCUT2D eigenvalue weighted by molar-refractivity contribution is 5.99. The number of methoxy groups -OCH3 is 1. The Labute approximate surface area is 157 Å². The quantitative estimate of drug-likeness (QED) is 0.806. The van der Waals surface area contributed by atoms with Gasteiger partial charge in [0.15, 0.2) is 0 Å². The number of hydrogen-bond acceptors (Lipinski definition) is 4. The lowest BCUT2D eigenvalue weighted by molar-refractivity contribution is 0.0948. The first-order chi connectivity index (χ1) is 12.9. The van der Waals surface area contributed by atoms with Crippen molar-refractivity contribution >= 4 is 11.8 Å². The van der Waals surface area contributed by atoms with E-state index in [0.717, 1.165) is 12.0 Å². The van der Waals surface area contributed by atoms with Crippen molar-refractivity contribution in [2.24, 2.45) is 5.92 Å². The molecule has 0 radical (unpaired) electrons. The SMILES string of the molecule is CNC(=O)c1cc(C(=O)N[C@H]2C[C@@H]2C)cn(Cc2cccc(OC)c2)c1=O. The Balaban J connectivity index is 1.97. The number of amides is 2. The van der Waals surface area contributed by atoms with Gasteiger partial charge in [-0.3, -0.25) is 14.4 Å². The topological polar surface area (TPSA) is 89.4 Å². The molecule has 1 aromatic heterocycles. The average Bonchev–Trinajstić information content (AvgIpc) is 3.37. The molecule has 7 heteroatoms. The van der Waals surface area contributed by atoms with Crippen LogP contribution in [0, 0.1) is 5.92 Å². The molecule has 0 spiro atoms. The molecular weight excluding hydrogens is 346 g/mol. The number of aromatic nitrogens is 1. The van der Waals surface area contributed by atoms with Crippen molar-refractivity contribution in [1.29, 1.82) is 0 Å². The van der Waals surface area contributed by atoms with Gasteiger partial charge in [0.05, 0.1) is 19.2 Å². The van der Waals surface area contributed by atoms with Crippen LogP contribution in [-0.2, 0) is 6.54 Å². The van der Waals surface area contributed by atoms with Gasteiger partial charge in [0.1, 0.15) is 11.3 Å². The molecule has 1 aliphatic carbocycles. The van der Waals surface area contributed by atoms with Crippen LogP contribution in [0.3, 0.4) is 0 Å². The zero-order valence-corrected chi connectivity index (χ0v) is 15.6. The van der Waals surface area contributed by atoms with Crippen molar-refractivity contribution in [3.05, 3.63) is 63.6 Å². The summed E-state index contributed by atoms with van der Waals surface area (Å²) in [4.78, 5) is 37.4. The molecule has 0 bridgehead atoms. The molecule has 7 nitrogen and oxygen atoms in total. The standard InChI is InChI=1S/C20H23N3O4/c1-12-7-17(12)22-18(24)14-9-16(19(25)21-2)20(26)23(11-14)10-13-5-4-6-15(8-13)27-3/h4-6,8-9,11-12,17H,7,10H2,1-3H3,(H,21,25)(H,22,24)/t12-,17-/m0/s1. The number of carbonyl (C=O) groups is 2. The van der Waals surface area contributed by atoms with Crippen LogP contribution in [0.1, 0.15) is 39.6 Å². The van der Waals surface area contributed by atoms with Gasteiger partial charge >= 0.3 is 0 Å². The van der Waals surface area contributed by atoms with E-state index in [4.69, 9.17) is 4.74 Å². The summed E-state index contributed by atoms with van der Waals surface area (Å²) in [6.07, 6.45) is 2.44. The summed E-state index contributed by atoms with van der Waals surface area (Å²) in [6, 6.07) is 8.80. The van der Waals surface area contributed by atoms with E-state index in [9.17, 15) is 14.4 Å². The summed E-state index contributed by atoms with van der Waals surface area (Å²) in [5, 5.41) is 5.38. The minimum atomic E-state index is -0.520. The number of ether oxygens (including phenoxy) is 1. The molecular formula is C20H23N3O4. The van der Waals surface area contributed by atoms with E-state index in [1.807, 2.05) is 24.3 Å². The van der Waals surface area contributed by atoms with Crippen molar-refractivity contribution in [2.45, 2.75) is 25.9 Å². The number of hydrogen-bond donors (Lipinski definition) is 2. The van der Waals surface area contributed by atoms with Crippen molar-refractivity contribution < 1.29 is 14.3 Å². The minimum absolute atomic E-state index is 0.0584. The fourth-order valence-corrected chi connectivity index (χ4v) is 2.92. The van der Waals surface area contributed by atoms with Crippen molar-refractivity contribution in [3.63, 3.8) is 0 Å². The van der Waals surface area contributed by atoms with Gasteiger partial charge in [-0.1, -0.05) is 19.1 Å². The molecule has 27 heavy (non-hydrogen) atoms. The lowest BCUT2D eigenvalue weighted by Crippen LogP contribution is -2.34. The molecule has 2 amide bonds. The summed E-state index contributed by atoms with van der Waals surface area (Å²) in [6.45, 7) is 2.28. The van der Waals surface area contributed by atoms with E-state index in [-0.39, 0.29) is 29.6 Å². The van der Waals surface area contributed by atoms with Crippen molar-refractivity contribution in [3.8, 4) is 5.75 Å². The van der Waals surface area contributed by atoms with Gasteiger partial charge < -0.3 is 19.9 Å². The highest BCUT2D eigenvalue weighted by atomic mass is 16.5. The summed E-state index contributed by atoms with van der Waals surface area (Å²) in [5.41, 5.74) is 0.605. The van der Waals surface area contributed by atoms with Crippen LogP contribution in [0.25, 0.3) is 0 Å². The molecule has 2 atom stereocenters. The molecule has 2 aromatic rings. The first-order valence-corrected chi connectivity index (χ1v) is 8.83. The third kappa shape index (κ3) is 4.19. The Hall–Kier alpha value is -3.09. The van der Waals surface area contributed by atoms with Crippen LogP contribution in [0.2, 0.25) is 0 Å². The third-order valence-corrected chi connectivity index (χ3v) is 4.73. The fraction of sp³-hybridized carbons (Fsp3) is 0.350. The molecule has 0 aliphatic heterocycles. The molecule has 1 aromatic carbocycles. The second-order valence-corrected chi connectivity index (χ2v) is 6.80. The van der Waals surface area contributed by atoms with E-state index >= 15 is 0 Å². The molecule has 0 saturated heterocycles. The zero-order valence-electron chi connectivity index (χ0n) is 15.6. The number of rotatable bonds is 6. The normalized spacial score (nSPS) is 17.9. The Kier molecular flexibility index (Phi) is 5.30. The highest BCUT2D eigenvalue weighted by Crippen LogP contribution is 2.29. The van der Waals surface area contributed by atoms with Crippen LogP contribution in [-0.4, -0.2) is 36.6 Å². The first kappa shape index (κ1) is 18.7. The van der Waals surface area contributed by atoms with Crippen molar-refractivity contribution in [1.82, 2.24) is 15.2 Å². The number of pyridine rings is 1.